The Morgan fingerprint density at radius 1 is 0.731 bits per heavy atom. The van der Waals surface area contributed by atoms with Crippen LogP contribution in [0.15, 0.2) is 61.7 Å². The molecule has 2 aromatic rings. The van der Waals surface area contributed by atoms with E-state index in [-0.39, 0.29) is 54.5 Å². The standard InChI is InChI=1S/C18H16O4.4CH4/c1-3-15(19)11-21-17-7-5-14-10-18(8-6-13(14)9-17)22-12-16(20)4-2;;;;/h3-10H,1-2,11-12H2;4*1H4. The van der Waals surface area contributed by atoms with Gasteiger partial charge in [0.2, 0.25) is 0 Å². The van der Waals surface area contributed by atoms with Crippen LogP contribution in [0.3, 0.4) is 0 Å². The highest BCUT2D eigenvalue weighted by Crippen LogP contribution is 2.25. The minimum absolute atomic E-state index is 0. The van der Waals surface area contributed by atoms with E-state index in [0.29, 0.717) is 11.5 Å². The van der Waals surface area contributed by atoms with E-state index in [0.717, 1.165) is 10.8 Å². The lowest BCUT2D eigenvalue weighted by Gasteiger charge is -2.08. The second-order valence-electron chi connectivity index (χ2n) is 4.59. The molecule has 0 saturated heterocycles. The van der Waals surface area contributed by atoms with E-state index in [1.807, 2.05) is 24.3 Å². The number of ketones is 2. The molecule has 0 atom stereocenters. The van der Waals surface area contributed by atoms with E-state index < -0.39 is 0 Å². The number of hydrogen-bond donors (Lipinski definition) is 0. The summed E-state index contributed by atoms with van der Waals surface area (Å²) in [6.45, 7) is 6.73. The third kappa shape index (κ3) is 7.79. The maximum Gasteiger partial charge on any atom is 0.192 e. The summed E-state index contributed by atoms with van der Waals surface area (Å²) in [5.41, 5.74) is 0. The Bertz CT molecular complexity index is 669. The number of ether oxygens (including phenoxy) is 2. The highest BCUT2D eigenvalue weighted by molar-refractivity contribution is 5.91. The van der Waals surface area contributed by atoms with Crippen LogP contribution in [-0.2, 0) is 9.59 Å². The lowest BCUT2D eigenvalue weighted by molar-refractivity contribution is -0.117. The smallest absolute Gasteiger partial charge is 0.192 e. The molecule has 0 N–H and O–H groups in total. The Morgan fingerprint density at radius 2 is 1.08 bits per heavy atom. The number of carbonyl (C=O) groups excluding carboxylic acids is 2. The van der Waals surface area contributed by atoms with Crippen molar-refractivity contribution in [3.8, 4) is 11.5 Å². The van der Waals surface area contributed by atoms with Crippen LogP contribution in [0.1, 0.15) is 29.7 Å². The second-order valence-corrected chi connectivity index (χ2v) is 4.59. The molecule has 2 rings (SSSR count). The van der Waals surface area contributed by atoms with Crippen molar-refractivity contribution in [2.24, 2.45) is 0 Å². The van der Waals surface area contributed by atoms with Crippen molar-refractivity contribution >= 4 is 22.3 Å². The first-order valence-electron chi connectivity index (χ1n) is 6.72. The molecule has 0 heterocycles. The molecule has 0 aliphatic heterocycles. The topological polar surface area (TPSA) is 52.6 Å². The quantitative estimate of drug-likeness (QED) is 0.571. The molecule has 0 radical (unpaired) electrons. The van der Waals surface area contributed by atoms with Gasteiger partial charge in [-0.2, -0.15) is 0 Å². The van der Waals surface area contributed by atoms with Crippen LogP contribution in [0.4, 0.5) is 0 Å². The average Bonchev–Trinajstić information content (AvgIpc) is 2.57. The number of fused-ring (bicyclic) bond motifs is 1. The van der Waals surface area contributed by atoms with Crippen LogP contribution in [-0.4, -0.2) is 24.8 Å². The number of rotatable bonds is 8. The van der Waals surface area contributed by atoms with E-state index in [1.165, 1.54) is 12.2 Å². The van der Waals surface area contributed by atoms with E-state index in [4.69, 9.17) is 9.47 Å². The molecule has 26 heavy (non-hydrogen) atoms. The zero-order valence-corrected chi connectivity index (χ0v) is 12.1. The molecule has 0 saturated carbocycles. The van der Waals surface area contributed by atoms with Crippen molar-refractivity contribution in [1.82, 2.24) is 0 Å². The second kappa shape index (κ2) is 13.4. The van der Waals surface area contributed by atoms with Crippen LogP contribution in [0.5, 0.6) is 11.5 Å². The molecule has 0 bridgehead atoms. The van der Waals surface area contributed by atoms with E-state index >= 15 is 0 Å². The number of benzene rings is 2. The van der Waals surface area contributed by atoms with Crippen molar-refractivity contribution in [1.29, 1.82) is 0 Å². The molecule has 2 aromatic carbocycles. The van der Waals surface area contributed by atoms with E-state index in [2.05, 4.69) is 13.2 Å². The lowest BCUT2D eigenvalue weighted by atomic mass is 10.1. The van der Waals surface area contributed by atoms with Gasteiger partial charge in [-0.1, -0.05) is 55.0 Å². The Balaban J connectivity index is -0.00000132. The first-order valence-corrected chi connectivity index (χ1v) is 6.72. The van der Waals surface area contributed by atoms with Gasteiger partial charge in [0.25, 0.3) is 0 Å². The lowest BCUT2D eigenvalue weighted by Crippen LogP contribution is -2.08. The summed E-state index contributed by atoms with van der Waals surface area (Å²) >= 11 is 0. The summed E-state index contributed by atoms with van der Waals surface area (Å²) in [5.74, 6) is 0.878. The zero-order valence-electron chi connectivity index (χ0n) is 12.1. The molecule has 0 spiro atoms. The summed E-state index contributed by atoms with van der Waals surface area (Å²) in [4.78, 5) is 22.3. The van der Waals surface area contributed by atoms with Gasteiger partial charge in [-0.15, -0.1) is 0 Å². The Hall–Kier alpha value is -2.88. The highest BCUT2D eigenvalue weighted by atomic mass is 16.5. The molecular weight excluding hydrogens is 328 g/mol. The molecule has 0 aromatic heterocycles. The first-order chi connectivity index (χ1) is 10.6. The van der Waals surface area contributed by atoms with E-state index in [1.54, 1.807) is 12.1 Å². The van der Waals surface area contributed by atoms with Gasteiger partial charge < -0.3 is 9.47 Å². The molecule has 0 unspecified atom stereocenters. The molecule has 144 valence electrons. The predicted molar refractivity (Wildman–Crippen MR) is 112 cm³/mol. The van der Waals surface area contributed by atoms with Crippen LogP contribution in [0.2, 0.25) is 0 Å². The Labute approximate surface area is 158 Å². The van der Waals surface area contributed by atoms with Crippen LogP contribution in [0, 0.1) is 0 Å². The third-order valence-electron chi connectivity index (χ3n) is 3.00. The Kier molecular flexibility index (Phi) is 14.4. The average molecular weight is 360 g/mol. The first kappa shape index (κ1) is 27.9. The minimum Gasteiger partial charge on any atom is -0.485 e. The van der Waals surface area contributed by atoms with Gasteiger partial charge in [0.15, 0.2) is 24.8 Å². The van der Waals surface area contributed by atoms with E-state index in [9.17, 15) is 9.59 Å². The Morgan fingerprint density at radius 3 is 1.38 bits per heavy atom. The largest absolute Gasteiger partial charge is 0.485 e. The van der Waals surface area contributed by atoms with Crippen molar-refractivity contribution in [3.63, 3.8) is 0 Å². The summed E-state index contributed by atoms with van der Waals surface area (Å²) in [6.07, 6.45) is 2.46. The van der Waals surface area contributed by atoms with Gasteiger partial charge in [0, 0.05) is 0 Å². The molecule has 0 fully saturated rings. The van der Waals surface area contributed by atoms with Crippen LogP contribution in [0.25, 0.3) is 10.8 Å². The van der Waals surface area contributed by atoms with Crippen LogP contribution >= 0.6 is 0 Å². The SMILES string of the molecule is C.C.C.C.C=CC(=O)COc1ccc2cc(OCC(=O)C=C)ccc2c1. The predicted octanol–water partition coefficient (Wildman–Crippen LogP) is 5.65. The number of carbonyl (C=O) groups is 2. The monoisotopic (exact) mass is 360 g/mol. The van der Waals surface area contributed by atoms with Gasteiger partial charge in [-0.25, -0.2) is 0 Å². The van der Waals surface area contributed by atoms with Crippen molar-refractivity contribution in [2.45, 2.75) is 29.7 Å². The number of hydrogen-bond acceptors (Lipinski definition) is 4. The molecule has 0 aliphatic carbocycles. The van der Waals surface area contributed by atoms with Crippen molar-refractivity contribution in [2.75, 3.05) is 13.2 Å². The molecule has 0 aliphatic rings. The molecule has 4 nitrogen and oxygen atoms in total. The van der Waals surface area contributed by atoms with Gasteiger partial charge in [-0.05, 0) is 47.2 Å². The maximum atomic E-state index is 11.2. The summed E-state index contributed by atoms with van der Waals surface area (Å²) in [5, 5.41) is 1.90. The molecular formula is C22H32O4. The fourth-order valence-electron chi connectivity index (χ4n) is 1.81. The van der Waals surface area contributed by atoms with Gasteiger partial charge in [-0.3, -0.25) is 9.59 Å². The summed E-state index contributed by atoms with van der Waals surface area (Å²) < 4.78 is 10.8. The molecule has 4 heteroatoms. The fourth-order valence-corrected chi connectivity index (χ4v) is 1.81. The molecule has 0 amide bonds. The highest BCUT2D eigenvalue weighted by Gasteiger charge is 2.03. The van der Waals surface area contributed by atoms with Gasteiger partial charge in [0.05, 0.1) is 0 Å². The van der Waals surface area contributed by atoms with Crippen molar-refractivity contribution < 1.29 is 19.1 Å². The van der Waals surface area contributed by atoms with Crippen molar-refractivity contribution in [3.05, 3.63) is 61.7 Å². The van der Waals surface area contributed by atoms with Gasteiger partial charge in [0.1, 0.15) is 11.5 Å². The summed E-state index contributed by atoms with van der Waals surface area (Å²) in [7, 11) is 0. The maximum absolute atomic E-state index is 11.2. The normalized spacial score (nSPS) is 8.46. The van der Waals surface area contributed by atoms with Crippen LogP contribution < -0.4 is 9.47 Å². The van der Waals surface area contributed by atoms with Gasteiger partial charge >= 0.3 is 0 Å². The third-order valence-corrected chi connectivity index (χ3v) is 3.00. The summed E-state index contributed by atoms with van der Waals surface area (Å²) in [6, 6.07) is 11.0. The zero-order chi connectivity index (χ0) is 15.9. The fraction of sp³-hybridized carbons (Fsp3) is 0.273. The minimum atomic E-state index is -0.171.